The number of aryl methyl sites for hydroxylation is 1. The van der Waals surface area contributed by atoms with Crippen LogP contribution in [-0.4, -0.2) is 6.54 Å². The molecule has 0 aliphatic rings. The standard InChI is InChI=1S/C20H35N/c1-7-10-17-11-9-12-18(15-17)19(21-13-8-2)14-16(3)20(4,5)6/h9,11-12,15-16,19,21H,7-8,10,13-14H2,1-6H3. The van der Waals surface area contributed by atoms with Crippen molar-refractivity contribution in [1.29, 1.82) is 0 Å². The van der Waals surface area contributed by atoms with Crippen molar-refractivity contribution in [2.75, 3.05) is 6.54 Å². The first-order valence-corrected chi connectivity index (χ1v) is 8.70. The molecular formula is C20H35N. The fraction of sp³-hybridized carbons (Fsp3) is 0.700. The molecule has 21 heavy (non-hydrogen) atoms. The maximum atomic E-state index is 3.76. The molecule has 2 unspecified atom stereocenters. The van der Waals surface area contributed by atoms with E-state index in [1.54, 1.807) is 0 Å². The van der Waals surface area contributed by atoms with Gasteiger partial charge < -0.3 is 5.32 Å². The van der Waals surface area contributed by atoms with Crippen molar-refractivity contribution in [3.05, 3.63) is 35.4 Å². The van der Waals surface area contributed by atoms with Crippen molar-refractivity contribution in [3.8, 4) is 0 Å². The van der Waals surface area contributed by atoms with E-state index < -0.39 is 0 Å². The topological polar surface area (TPSA) is 12.0 Å². The summed E-state index contributed by atoms with van der Waals surface area (Å²) in [4.78, 5) is 0. The van der Waals surface area contributed by atoms with Crippen molar-refractivity contribution in [2.24, 2.45) is 11.3 Å². The molecule has 0 aliphatic heterocycles. The van der Waals surface area contributed by atoms with Gasteiger partial charge in [-0.1, -0.05) is 72.2 Å². The largest absolute Gasteiger partial charge is 0.310 e. The van der Waals surface area contributed by atoms with Crippen LogP contribution in [0.25, 0.3) is 0 Å². The van der Waals surface area contributed by atoms with Crippen LogP contribution in [-0.2, 0) is 6.42 Å². The Morgan fingerprint density at radius 2 is 1.81 bits per heavy atom. The Bertz CT molecular complexity index is 403. The minimum absolute atomic E-state index is 0.368. The molecule has 2 atom stereocenters. The Morgan fingerprint density at radius 1 is 1.10 bits per heavy atom. The molecular weight excluding hydrogens is 254 g/mol. The van der Waals surface area contributed by atoms with Gasteiger partial charge in [0.2, 0.25) is 0 Å². The molecule has 1 rings (SSSR count). The molecule has 0 bridgehead atoms. The van der Waals surface area contributed by atoms with E-state index in [-0.39, 0.29) is 0 Å². The highest BCUT2D eigenvalue weighted by molar-refractivity contribution is 5.26. The van der Waals surface area contributed by atoms with Crippen LogP contribution in [0, 0.1) is 11.3 Å². The maximum absolute atomic E-state index is 3.76. The lowest BCUT2D eigenvalue weighted by atomic mass is 9.77. The summed E-state index contributed by atoms with van der Waals surface area (Å²) in [5.74, 6) is 0.696. The number of hydrogen-bond acceptors (Lipinski definition) is 1. The Labute approximate surface area is 132 Å². The molecule has 1 nitrogen and oxygen atoms in total. The van der Waals surface area contributed by atoms with Gasteiger partial charge >= 0.3 is 0 Å². The zero-order valence-electron chi connectivity index (χ0n) is 15.0. The van der Waals surface area contributed by atoms with Crippen LogP contribution in [0.1, 0.15) is 78.0 Å². The maximum Gasteiger partial charge on any atom is 0.0323 e. The Hall–Kier alpha value is -0.820. The van der Waals surface area contributed by atoms with Gasteiger partial charge in [-0.3, -0.25) is 0 Å². The molecule has 0 fully saturated rings. The van der Waals surface area contributed by atoms with Crippen molar-refractivity contribution in [3.63, 3.8) is 0 Å². The Morgan fingerprint density at radius 3 is 2.38 bits per heavy atom. The molecule has 0 amide bonds. The van der Waals surface area contributed by atoms with Gasteiger partial charge in [-0.05, 0) is 48.3 Å². The van der Waals surface area contributed by atoms with Crippen molar-refractivity contribution in [2.45, 2.75) is 73.3 Å². The highest BCUT2D eigenvalue weighted by Crippen LogP contribution is 2.33. The van der Waals surface area contributed by atoms with Gasteiger partial charge in [0.05, 0.1) is 0 Å². The van der Waals surface area contributed by atoms with Gasteiger partial charge in [-0.15, -0.1) is 0 Å². The lowest BCUT2D eigenvalue weighted by molar-refractivity contribution is 0.223. The van der Waals surface area contributed by atoms with Crippen LogP contribution in [0.4, 0.5) is 0 Å². The van der Waals surface area contributed by atoms with Gasteiger partial charge in [0.1, 0.15) is 0 Å². The molecule has 0 heterocycles. The second-order valence-corrected chi connectivity index (χ2v) is 7.50. The minimum Gasteiger partial charge on any atom is -0.310 e. The zero-order valence-corrected chi connectivity index (χ0v) is 15.0. The highest BCUT2D eigenvalue weighted by atomic mass is 14.9. The average Bonchev–Trinajstić information content (AvgIpc) is 2.42. The summed E-state index contributed by atoms with van der Waals surface area (Å²) in [5.41, 5.74) is 3.31. The van der Waals surface area contributed by atoms with Gasteiger partial charge in [0.15, 0.2) is 0 Å². The average molecular weight is 290 g/mol. The molecule has 1 aromatic carbocycles. The van der Waals surface area contributed by atoms with Gasteiger partial charge in [0, 0.05) is 6.04 Å². The van der Waals surface area contributed by atoms with Crippen LogP contribution >= 0.6 is 0 Å². The molecule has 1 heteroatoms. The summed E-state index contributed by atoms with van der Waals surface area (Å²) < 4.78 is 0. The van der Waals surface area contributed by atoms with E-state index in [1.165, 1.54) is 36.8 Å². The molecule has 1 aromatic rings. The molecule has 0 saturated heterocycles. The van der Waals surface area contributed by atoms with E-state index in [4.69, 9.17) is 0 Å². The minimum atomic E-state index is 0.368. The second-order valence-electron chi connectivity index (χ2n) is 7.50. The normalized spacial score (nSPS) is 15.0. The smallest absolute Gasteiger partial charge is 0.0323 e. The van der Waals surface area contributed by atoms with Gasteiger partial charge in [-0.2, -0.15) is 0 Å². The Kier molecular flexibility index (Phi) is 7.45. The number of nitrogens with one attached hydrogen (secondary N) is 1. The molecule has 0 radical (unpaired) electrons. The summed E-state index contributed by atoms with van der Waals surface area (Å²) in [6.45, 7) is 15.0. The van der Waals surface area contributed by atoms with E-state index in [0.717, 1.165) is 6.54 Å². The highest BCUT2D eigenvalue weighted by Gasteiger charge is 2.24. The zero-order chi connectivity index (χ0) is 15.9. The van der Waals surface area contributed by atoms with Crippen LogP contribution in [0.5, 0.6) is 0 Å². The fourth-order valence-electron chi connectivity index (χ4n) is 2.62. The third kappa shape index (κ3) is 6.22. The summed E-state index contributed by atoms with van der Waals surface area (Å²) in [6, 6.07) is 9.67. The second kappa shape index (κ2) is 8.58. The lowest BCUT2D eigenvalue weighted by Gasteiger charge is -2.31. The molecule has 120 valence electrons. The lowest BCUT2D eigenvalue weighted by Crippen LogP contribution is -2.28. The SMILES string of the molecule is CCCNC(CC(C)C(C)(C)C)c1cccc(CCC)c1. The van der Waals surface area contributed by atoms with Crippen molar-refractivity contribution < 1.29 is 0 Å². The number of benzene rings is 1. The first-order valence-electron chi connectivity index (χ1n) is 8.70. The summed E-state index contributed by atoms with van der Waals surface area (Å²) in [5, 5.41) is 3.76. The molecule has 0 spiro atoms. The third-order valence-electron chi connectivity index (χ3n) is 4.60. The third-order valence-corrected chi connectivity index (χ3v) is 4.60. The quantitative estimate of drug-likeness (QED) is 0.642. The predicted octanol–water partition coefficient (Wildman–Crippen LogP) is 5.75. The van der Waals surface area contributed by atoms with Crippen LogP contribution in [0.15, 0.2) is 24.3 Å². The summed E-state index contributed by atoms with van der Waals surface area (Å²) in [6.07, 6.45) is 4.80. The molecule has 1 N–H and O–H groups in total. The van der Waals surface area contributed by atoms with Crippen molar-refractivity contribution >= 4 is 0 Å². The predicted molar refractivity (Wildman–Crippen MR) is 94.7 cm³/mol. The molecule has 0 saturated carbocycles. The van der Waals surface area contributed by atoms with Crippen LogP contribution in [0.3, 0.4) is 0 Å². The van der Waals surface area contributed by atoms with Crippen molar-refractivity contribution in [1.82, 2.24) is 5.32 Å². The fourth-order valence-corrected chi connectivity index (χ4v) is 2.62. The van der Waals surface area contributed by atoms with E-state index in [2.05, 4.69) is 71.1 Å². The first kappa shape index (κ1) is 18.2. The summed E-state index contributed by atoms with van der Waals surface area (Å²) >= 11 is 0. The Balaban J connectivity index is 2.88. The van der Waals surface area contributed by atoms with Crippen LogP contribution < -0.4 is 5.32 Å². The van der Waals surface area contributed by atoms with Crippen LogP contribution in [0.2, 0.25) is 0 Å². The number of hydrogen-bond donors (Lipinski definition) is 1. The van der Waals surface area contributed by atoms with Gasteiger partial charge in [0.25, 0.3) is 0 Å². The first-order chi connectivity index (χ1) is 9.88. The molecule has 0 aliphatic carbocycles. The summed E-state index contributed by atoms with van der Waals surface area (Å²) in [7, 11) is 0. The molecule has 0 aromatic heterocycles. The van der Waals surface area contributed by atoms with E-state index in [9.17, 15) is 0 Å². The van der Waals surface area contributed by atoms with E-state index in [1.807, 2.05) is 0 Å². The van der Waals surface area contributed by atoms with Gasteiger partial charge in [-0.25, -0.2) is 0 Å². The van der Waals surface area contributed by atoms with E-state index >= 15 is 0 Å². The monoisotopic (exact) mass is 289 g/mol. The number of rotatable bonds is 8. The van der Waals surface area contributed by atoms with E-state index in [0.29, 0.717) is 17.4 Å².